The van der Waals surface area contributed by atoms with Crippen molar-refractivity contribution >= 4 is 6.03 Å². The summed E-state index contributed by atoms with van der Waals surface area (Å²) in [5.41, 5.74) is 3.70. The van der Waals surface area contributed by atoms with Gasteiger partial charge in [0.2, 0.25) is 0 Å². The SMILES string of the molecule is O=C(NCc1cccc(F)c1)N1CCC(N2CCc3ccccc3C2)CC1. The van der Waals surface area contributed by atoms with E-state index in [9.17, 15) is 9.18 Å². The minimum atomic E-state index is -0.273. The monoisotopic (exact) mass is 367 g/mol. The van der Waals surface area contributed by atoms with E-state index in [1.54, 1.807) is 6.07 Å². The van der Waals surface area contributed by atoms with E-state index in [0.29, 0.717) is 12.6 Å². The van der Waals surface area contributed by atoms with Crippen molar-refractivity contribution in [2.24, 2.45) is 0 Å². The summed E-state index contributed by atoms with van der Waals surface area (Å²) >= 11 is 0. The molecule has 2 aliphatic rings. The molecule has 2 aliphatic heterocycles. The van der Waals surface area contributed by atoms with E-state index in [1.807, 2.05) is 11.0 Å². The van der Waals surface area contributed by atoms with Crippen LogP contribution in [-0.2, 0) is 19.5 Å². The Kier molecular flexibility index (Phi) is 5.39. The molecule has 1 N–H and O–H groups in total. The Morgan fingerprint density at radius 2 is 1.81 bits per heavy atom. The minimum Gasteiger partial charge on any atom is -0.334 e. The second kappa shape index (κ2) is 8.09. The fraction of sp³-hybridized carbons (Fsp3) is 0.409. The first-order valence-electron chi connectivity index (χ1n) is 9.77. The normalized spacial score (nSPS) is 18.2. The van der Waals surface area contributed by atoms with Crippen LogP contribution in [-0.4, -0.2) is 41.5 Å². The largest absolute Gasteiger partial charge is 0.334 e. The van der Waals surface area contributed by atoms with Crippen LogP contribution < -0.4 is 5.32 Å². The summed E-state index contributed by atoms with van der Waals surface area (Å²) in [4.78, 5) is 16.9. The maximum atomic E-state index is 13.2. The number of carbonyl (C=O) groups excluding carboxylic acids is 1. The highest BCUT2D eigenvalue weighted by atomic mass is 19.1. The first-order chi connectivity index (χ1) is 13.2. The summed E-state index contributed by atoms with van der Waals surface area (Å²) in [5, 5.41) is 2.91. The van der Waals surface area contributed by atoms with Gasteiger partial charge in [-0.15, -0.1) is 0 Å². The number of nitrogens with zero attached hydrogens (tertiary/aromatic N) is 2. The molecule has 0 unspecified atom stereocenters. The number of likely N-dealkylation sites (tertiary alicyclic amines) is 1. The molecule has 1 saturated heterocycles. The molecule has 2 aromatic carbocycles. The molecule has 0 saturated carbocycles. The number of fused-ring (bicyclic) bond motifs is 1. The van der Waals surface area contributed by atoms with Gasteiger partial charge in [-0.05, 0) is 48.1 Å². The number of piperidine rings is 1. The summed E-state index contributed by atoms with van der Waals surface area (Å²) in [6.07, 6.45) is 3.13. The number of carbonyl (C=O) groups is 1. The smallest absolute Gasteiger partial charge is 0.317 e. The maximum Gasteiger partial charge on any atom is 0.317 e. The topological polar surface area (TPSA) is 35.6 Å². The lowest BCUT2D eigenvalue weighted by Crippen LogP contribution is -2.50. The zero-order chi connectivity index (χ0) is 18.6. The Balaban J connectivity index is 1.26. The van der Waals surface area contributed by atoms with Gasteiger partial charge < -0.3 is 10.2 Å². The second-order valence-electron chi connectivity index (χ2n) is 7.50. The molecule has 0 bridgehead atoms. The number of urea groups is 1. The van der Waals surface area contributed by atoms with Crippen molar-refractivity contribution in [3.63, 3.8) is 0 Å². The third-order valence-corrected chi connectivity index (χ3v) is 5.76. The summed E-state index contributed by atoms with van der Waals surface area (Å²) in [6, 6.07) is 15.6. The summed E-state index contributed by atoms with van der Waals surface area (Å²) in [5.74, 6) is -0.273. The van der Waals surface area contributed by atoms with Crippen LogP contribution in [0.15, 0.2) is 48.5 Å². The van der Waals surface area contributed by atoms with Gasteiger partial charge in [-0.1, -0.05) is 36.4 Å². The van der Waals surface area contributed by atoms with E-state index >= 15 is 0 Å². The highest BCUT2D eigenvalue weighted by Crippen LogP contribution is 2.24. The van der Waals surface area contributed by atoms with Crippen molar-refractivity contribution < 1.29 is 9.18 Å². The molecule has 0 radical (unpaired) electrons. The first kappa shape index (κ1) is 18.0. The molecule has 4 rings (SSSR count). The Bertz CT molecular complexity index is 802. The van der Waals surface area contributed by atoms with Crippen molar-refractivity contribution in [1.82, 2.24) is 15.1 Å². The molecule has 5 heteroatoms. The number of hydrogen-bond acceptors (Lipinski definition) is 2. The molecule has 0 atom stereocenters. The fourth-order valence-electron chi connectivity index (χ4n) is 4.20. The predicted octanol–water partition coefficient (Wildman–Crippen LogP) is 3.56. The number of benzene rings is 2. The zero-order valence-electron chi connectivity index (χ0n) is 15.5. The third-order valence-electron chi connectivity index (χ3n) is 5.76. The maximum absolute atomic E-state index is 13.2. The van der Waals surface area contributed by atoms with E-state index < -0.39 is 0 Å². The molecular formula is C22H26FN3O. The van der Waals surface area contributed by atoms with E-state index in [2.05, 4.69) is 34.5 Å². The molecule has 2 aromatic rings. The van der Waals surface area contributed by atoms with Crippen LogP contribution in [0.4, 0.5) is 9.18 Å². The second-order valence-corrected chi connectivity index (χ2v) is 7.50. The van der Waals surface area contributed by atoms with Gasteiger partial charge in [0.05, 0.1) is 0 Å². The molecular weight excluding hydrogens is 341 g/mol. The van der Waals surface area contributed by atoms with E-state index in [4.69, 9.17) is 0 Å². The van der Waals surface area contributed by atoms with Gasteiger partial charge in [0.15, 0.2) is 0 Å². The highest BCUT2D eigenvalue weighted by molar-refractivity contribution is 5.74. The van der Waals surface area contributed by atoms with Crippen molar-refractivity contribution in [2.45, 2.75) is 38.4 Å². The standard InChI is InChI=1S/C22H26FN3O/c23-20-7-3-4-17(14-20)15-24-22(27)25-12-9-21(10-13-25)26-11-8-18-5-1-2-6-19(18)16-26/h1-7,14,21H,8-13,15-16H2,(H,24,27). The van der Waals surface area contributed by atoms with E-state index in [-0.39, 0.29) is 11.8 Å². The van der Waals surface area contributed by atoms with Crippen molar-refractivity contribution in [3.05, 3.63) is 71.0 Å². The first-order valence-corrected chi connectivity index (χ1v) is 9.77. The lowest BCUT2D eigenvalue weighted by molar-refractivity contribution is 0.107. The van der Waals surface area contributed by atoms with Gasteiger partial charge >= 0.3 is 6.03 Å². The molecule has 0 spiro atoms. The molecule has 0 aromatic heterocycles. The lowest BCUT2D eigenvalue weighted by Gasteiger charge is -2.40. The fourth-order valence-corrected chi connectivity index (χ4v) is 4.20. The Morgan fingerprint density at radius 1 is 1.04 bits per heavy atom. The molecule has 4 nitrogen and oxygen atoms in total. The van der Waals surface area contributed by atoms with Crippen LogP contribution in [0.3, 0.4) is 0 Å². The molecule has 27 heavy (non-hydrogen) atoms. The Labute approximate surface area is 160 Å². The summed E-state index contributed by atoms with van der Waals surface area (Å²) in [7, 11) is 0. The van der Waals surface area contributed by atoms with Crippen molar-refractivity contribution in [3.8, 4) is 0 Å². The van der Waals surface area contributed by atoms with Crippen LogP contribution in [0.25, 0.3) is 0 Å². The Hall–Kier alpha value is -2.40. The van der Waals surface area contributed by atoms with Crippen LogP contribution in [0.5, 0.6) is 0 Å². The van der Waals surface area contributed by atoms with Crippen molar-refractivity contribution in [1.29, 1.82) is 0 Å². The predicted molar refractivity (Wildman–Crippen MR) is 104 cm³/mol. The lowest BCUT2D eigenvalue weighted by atomic mass is 9.95. The number of nitrogens with one attached hydrogen (secondary N) is 1. The van der Waals surface area contributed by atoms with Gasteiger partial charge in [-0.25, -0.2) is 9.18 Å². The third kappa shape index (κ3) is 4.30. The average molecular weight is 367 g/mol. The average Bonchev–Trinajstić information content (AvgIpc) is 2.72. The molecule has 2 heterocycles. The number of halogens is 1. The minimum absolute atomic E-state index is 0.0540. The summed E-state index contributed by atoms with van der Waals surface area (Å²) < 4.78 is 13.2. The van der Waals surface area contributed by atoms with Crippen LogP contribution >= 0.6 is 0 Å². The number of rotatable bonds is 3. The molecule has 1 fully saturated rings. The molecule has 0 aliphatic carbocycles. The zero-order valence-corrected chi connectivity index (χ0v) is 15.5. The quantitative estimate of drug-likeness (QED) is 0.900. The number of hydrogen-bond donors (Lipinski definition) is 1. The van der Waals surface area contributed by atoms with E-state index in [0.717, 1.165) is 51.0 Å². The van der Waals surface area contributed by atoms with Gasteiger partial charge in [-0.2, -0.15) is 0 Å². The van der Waals surface area contributed by atoms with Gasteiger partial charge in [-0.3, -0.25) is 4.90 Å². The van der Waals surface area contributed by atoms with E-state index in [1.165, 1.54) is 23.3 Å². The highest BCUT2D eigenvalue weighted by Gasteiger charge is 2.28. The number of amides is 2. The van der Waals surface area contributed by atoms with Crippen molar-refractivity contribution in [2.75, 3.05) is 19.6 Å². The summed E-state index contributed by atoms with van der Waals surface area (Å²) in [6.45, 7) is 4.04. The van der Waals surface area contributed by atoms with Crippen LogP contribution in [0.2, 0.25) is 0 Å². The molecule has 142 valence electrons. The van der Waals surface area contributed by atoms with Gasteiger partial charge in [0.25, 0.3) is 0 Å². The van der Waals surface area contributed by atoms with Crippen LogP contribution in [0, 0.1) is 5.82 Å². The Morgan fingerprint density at radius 3 is 2.59 bits per heavy atom. The van der Waals surface area contributed by atoms with Crippen LogP contribution in [0.1, 0.15) is 29.5 Å². The van der Waals surface area contributed by atoms with Gasteiger partial charge in [0.1, 0.15) is 5.82 Å². The van der Waals surface area contributed by atoms with Gasteiger partial charge in [0, 0.05) is 38.8 Å². The molecule has 2 amide bonds.